The molecule has 1 aromatic heterocycles. The maximum Gasteiger partial charge on any atom is 0.287 e. The molecule has 116 valence electrons. The molecular weight excluding hydrogens is 286 g/mol. The van der Waals surface area contributed by atoms with Crippen molar-refractivity contribution < 1.29 is 14.4 Å². The Morgan fingerprint density at radius 2 is 2.00 bits per heavy atom. The molecule has 1 heterocycles. The van der Waals surface area contributed by atoms with Crippen LogP contribution in [0.1, 0.15) is 13.8 Å². The van der Waals surface area contributed by atoms with Gasteiger partial charge in [0.25, 0.3) is 5.69 Å². The number of hydrogen-bond acceptors (Lipinski definition) is 6. The molecular formula is C15H17N3O4. The Hall–Kier alpha value is -2.83. The Balaban J connectivity index is 2.17. The second kappa shape index (κ2) is 6.75. The first-order valence-electron chi connectivity index (χ1n) is 6.71. The summed E-state index contributed by atoms with van der Waals surface area (Å²) in [6.07, 6.45) is 1.25. The molecule has 7 heteroatoms. The molecule has 2 aromatic rings. The number of nitrogens with zero attached hydrogens (tertiary/aromatic N) is 2. The molecule has 0 saturated carbocycles. The predicted octanol–water partition coefficient (Wildman–Crippen LogP) is 3.53. The van der Waals surface area contributed by atoms with E-state index >= 15 is 0 Å². The predicted molar refractivity (Wildman–Crippen MR) is 82.9 cm³/mol. The number of nitrogens with one attached hydrogen (secondary N) is 1. The summed E-state index contributed by atoms with van der Waals surface area (Å²) in [7, 11) is 1.57. The van der Waals surface area contributed by atoms with Crippen LogP contribution < -0.4 is 14.8 Å². The van der Waals surface area contributed by atoms with E-state index in [2.05, 4.69) is 10.3 Å². The van der Waals surface area contributed by atoms with E-state index < -0.39 is 4.92 Å². The monoisotopic (exact) mass is 303 g/mol. The van der Waals surface area contributed by atoms with Gasteiger partial charge in [-0.2, -0.15) is 0 Å². The number of rotatable bonds is 6. The molecule has 0 bridgehead atoms. The van der Waals surface area contributed by atoms with Crippen molar-refractivity contribution in [2.75, 3.05) is 12.4 Å². The minimum absolute atomic E-state index is 0.0454. The Morgan fingerprint density at radius 3 is 2.55 bits per heavy atom. The van der Waals surface area contributed by atoms with Crippen LogP contribution in [0.25, 0.3) is 0 Å². The molecule has 0 amide bonds. The van der Waals surface area contributed by atoms with Crippen molar-refractivity contribution >= 4 is 17.2 Å². The molecule has 0 atom stereocenters. The van der Waals surface area contributed by atoms with Crippen LogP contribution in [0.3, 0.4) is 0 Å². The Kier molecular flexibility index (Phi) is 4.77. The van der Waals surface area contributed by atoms with Crippen molar-refractivity contribution in [3.05, 3.63) is 46.6 Å². The Bertz CT molecular complexity index is 656. The van der Waals surface area contributed by atoms with Gasteiger partial charge in [-0.15, -0.1) is 0 Å². The molecule has 0 saturated heterocycles. The Labute approximate surface area is 128 Å². The first-order chi connectivity index (χ1) is 10.5. The quantitative estimate of drug-likeness (QED) is 0.649. The van der Waals surface area contributed by atoms with Gasteiger partial charge in [-0.25, -0.2) is 4.98 Å². The molecule has 1 aromatic carbocycles. The molecule has 0 unspecified atom stereocenters. The summed E-state index contributed by atoms with van der Waals surface area (Å²) < 4.78 is 10.9. The van der Waals surface area contributed by atoms with Crippen LogP contribution in [-0.2, 0) is 0 Å². The second-order valence-electron chi connectivity index (χ2n) is 4.82. The molecule has 1 N–H and O–H groups in total. The van der Waals surface area contributed by atoms with Gasteiger partial charge in [-0.1, -0.05) is 0 Å². The SMILES string of the molecule is COc1cc(Nc2ccc([N+](=O)[O-])cn2)ccc1OC(C)C. The number of hydrogen-bond donors (Lipinski definition) is 1. The maximum atomic E-state index is 10.6. The summed E-state index contributed by atoms with van der Waals surface area (Å²) in [6.45, 7) is 3.87. The van der Waals surface area contributed by atoms with Gasteiger partial charge < -0.3 is 14.8 Å². The van der Waals surface area contributed by atoms with Gasteiger partial charge in [-0.3, -0.25) is 10.1 Å². The highest BCUT2D eigenvalue weighted by atomic mass is 16.6. The summed E-state index contributed by atoms with van der Waals surface area (Å²) in [5.41, 5.74) is 0.693. The normalized spacial score (nSPS) is 10.4. The maximum absolute atomic E-state index is 10.6. The third kappa shape index (κ3) is 3.85. The van der Waals surface area contributed by atoms with E-state index in [0.717, 1.165) is 5.69 Å². The zero-order valence-electron chi connectivity index (χ0n) is 12.6. The van der Waals surface area contributed by atoms with Crippen LogP contribution in [0.4, 0.5) is 17.2 Å². The lowest BCUT2D eigenvalue weighted by molar-refractivity contribution is -0.385. The van der Waals surface area contributed by atoms with Gasteiger partial charge in [0, 0.05) is 17.8 Å². The Morgan fingerprint density at radius 1 is 1.23 bits per heavy atom. The van der Waals surface area contributed by atoms with Crippen molar-refractivity contribution in [2.24, 2.45) is 0 Å². The van der Waals surface area contributed by atoms with E-state index in [1.54, 1.807) is 25.3 Å². The van der Waals surface area contributed by atoms with Crippen molar-refractivity contribution in [1.29, 1.82) is 0 Å². The summed E-state index contributed by atoms with van der Waals surface area (Å²) in [6, 6.07) is 8.34. The molecule has 0 radical (unpaired) electrons. The van der Waals surface area contributed by atoms with Gasteiger partial charge in [-0.05, 0) is 32.0 Å². The number of pyridine rings is 1. The third-order valence-electron chi connectivity index (χ3n) is 2.76. The average Bonchev–Trinajstić information content (AvgIpc) is 2.49. The molecule has 0 fully saturated rings. The van der Waals surface area contributed by atoms with E-state index in [0.29, 0.717) is 17.3 Å². The summed E-state index contributed by atoms with van der Waals surface area (Å²) in [5.74, 6) is 1.76. The van der Waals surface area contributed by atoms with Gasteiger partial charge in [0.2, 0.25) is 0 Å². The number of anilines is 2. The highest BCUT2D eigenvalue weighted by molar-refractivity contribution is 5.61. The van der Waals surface area contributed by atoms with E-state index in [4.69, 9.17) is 9.47 Å². The third-order valence-corrected chi connectivity index (χ3v) is 2.76. The highest BCUT2D eigenvalue weighted by Gasteiger charge is 2.09. The summed E-state index contributed by atoms with van der Waals surface area (Å²) >= 11 is 0. The van der Waals surface area contributed by atoms with Crippen molar-refractivity contribution in [1.82, 2.24) is 4.98 Å². The van der Waals surface area contributed by atoms with Crippen molar-refractivity contribution in [3.8, 4) is 11.5 Å². The second-order valence-corrected chi connectivity index (χ2v) is 4.82. The number of benzene rings is 1. The van der Waals surface area contributed by atoms with Crippen molar-refractivity contribution in [3.63, 3.8) is 0 Å². The molecule has 2 rings (SSSR count). The minimum Gasteiger partial charge on any atom is -0.493 e. The standard InChI is InChI=1S/C15H17N3O4/c1-10(2)22-13-6-4-11(8-14(13)21-3)17-15-7-5-12(9-16-15)18(19)20/h4-10H,1-3H3,(H,16,17). The zero-order valence-corrected chi connectivity index (χ0v) is 12.6. The van der Waals surface area contributed by atoms with Crippen LogP contribution in [0.2, 0.25) is 0 Å². The number of methoxy groups -OCH3 is 1. The fourth-order valence-electron chi connectivity index (χ4n) is 1.81. The van der Waals surface area contributed by atoms with E-state index in [-0.39, 0.29) is 11.8 Å². The highest BCUT2D eigenvalue weighted by Crippen LogP contribution is 2.32. The number of ether oxygens (including phenoxy) is 2. The largest absolute Gasteiger partial charge is 0.493 e. The fourth-order valence-corrected chi connectivity index (χ4v) is 1.81. The smallest absolute Gasteiger partial charge is 0.287 e. The number of aromatic nitrogens is 1. The lowest BCUT2D eigenvalue weighted by Crippen LogP contribution is -2.06. The fraction of sp³-hybridized carbons (Fsp3) is 0.267. The topological polar surface area (TPSA) is 86.5 Å². The van der Waals surface area contributed by atoms with Crippen molar-refractivity contribution in [2.45, 2.75) is 20.0 Å². The average molecular weight is 303 g/mol. The van der Waals surface area contributed by atoms with Crippen LogP contribution >= 0.6 is 0 Å². The molecule has 22 heavy (non-hydrogen) atoms. The van der Waals surface area contributed by atoms with Gasteiger partial charge in [0.1, 0.15) is 12.0 Å². The molecule has 0 aliphatic rings. The first kappa shape index (κ1) is 15.6. The van der Waals surface area contributed by atoms with E-state index in [1.807, 2.05) is 19.9 Å². The summed E-state index contributed by atoms with van der Waals surface area (Å²) in [5, 5.41) is 13.7. The lowest BCUT2D eigenvalue weighted by atomic mass is 10.2. The molecule has 0 spiro atoms. The van der Waals surface area contributed by atoms with Crippen LogP contribution in [0.5, 0.6) is 11.5 Å². The summed E-state index contributed by atoms with van der Waals surface area (Å²) in [4.78, 5) is 14.1. The first-order valence-corrected chi connectivity index (χ1v) is 6.71. The lowest BCUT2D eigenvalue weighted by Gasteiger charge is -2.15. The molecule has 7 nitrogen and oxygen atoms in total. The number of nitro groups is 1. The van der Waals surface area contributed by atoms with Crippen LogP contribution in [0, 0.1) is 10.1 Å². The van der Waals surface area contributed by atoms with Gasteiger partial charge in [0.15, 0.2) is 11.5 Å². The minimum atomic E-state index is -0.488. The zero-order chi connectivity index (χ0) is 16.1. The van der Waals surface area contributed by atoms with Crippen LogP contribution in [-0.4, -0.2) is 23.1 Å². The van der Waals surface area contributed by atoms with Gasteiger partial charge in [0.05, 0.1) is 18.1 Å². The molecule has 0 aliphatic heterocycles. The van der Waals surface area contributed by atoms with E-state index in [1.165, 1.54) is 12.3 Å². The van der Waals surface area contributed by atoms with Gasteiger partial charge >= 0.3 is 0 Å². The van der Waals surface area contributed by atoms with Crippen LogP contribution in [0.15, 0.2) is 36.5 Å². The molecule has 0 aliphatic carbocycles. The van der Waals surface area contributed by atoms with E-state index in [9.17, 15) is 10.1 Å².